The fraction of sp³-hybridized carbons (Fsp3) is 0.385. The summed E-state index contributed by atoms with van der Waals surface area (Å²) >= 11 is 7.63. The predicted molar refractivity (Wildman–Crippen MR) is 75.0 cm³/mol. The highest BCUT2D eigenvalue weighted by Crippen LogP contribution is 2.17. The number of benzene rings is 1. The molecule has 5 heteroatoms. The maximum absolute atomic E-state index is 5.84. The Kier molecular flexibility index (Phi) is 4.66. The highest BCUT2D eigenvalue weighted by Gasteiger charge is 2.08. The van der Waals surface area contributed by atoms with E-state index in [2.05, 4.69) is 24.0 Å². The highest BCUT2D eigenvalue weighted by molar-refractivity contribution is 7.99. The first kappa shape index (κ1) is 13.4. The van der Waals surface area contributed by atoms with Crippen LogP contribution in [0.25, 0.3) is 0 Å². The maximum atomic E-state index is 5.84. The van der Waals surface area contributed by atoms with Crippen molar-refractivity contribution in [2.45, 2.75) is 31.3 Å². The second kappa shape index (κ2) is 6.25. The van der Waals surface area contributed by atoms with Gasteiger partial charge in [0.25, 0.3) is 0 Å². The van der Waals surface area contributed by atoms with Gasteiger partial charge in [-0.3, -0.25) is 0 Å². The van der Waals surface area contributed by atoms with Gasteiger partial charge >= 0.3 is 0 Å². The number of nitrogens with zero attached hydrogens (tertiary/aromatic N) is 2. The summed E-state index contributed by atoms with van der Waals surface area (Å²) in [7, 11) is 0. The molecule has 0 radical (unpaired) electrons. The number of aromatic nitrogens is 2. The molecule has 0 N–H and O–H groups in total. The van der Waals surface area contributed by atoms with Crippen molar-refractivity contribution in [3.8, 4) is 0 Å². The van der Waals surface area contributed by atoms with E-state index in [0.29, 0.717) is 17.6 Å². The van der Waals surface area contributed by atoms with Gasteiger partial charge in [-0.1, -0.05) is 42.7 Å². The largest absolute Gasteiger partial charge is 0.338 e. The Morgan fingerprint density at radius 1 is 1.28 bits per heavy atom. The van der Waals surface area contributed by atoms with Crippen molar-refractivity contribution in [2.75, 3.05) is 0 Å². The lowest BCUT2D eigenvalue weighted by Crippen LogP contribution is -1.92. The zero-order chi connectivity index (χ0) is 13.0. The minimum absolute atomic E-state index is 0.566. The molecule has 1 aromatic carbocycles. The van der Waals surface area contributed by atoms with Gasteiger partial charge in [0, 0.05) is 11.4 Å². The third kappa shape index (κ3) is 4.03. The molecule has 0 amide bonds. The maximum Gasteiger partial charge on any atom is 0.236 e. The highest BCUT2D eigenvalue weighted by atomic mass is 35.5. The Balaban J connectivity index is 1.95. The Hall–Kier alpha value is -1.00. The number of rotatable bonds is 5. The number of hydrogen-bond acceptors (Lipinski definition) is 4. The van der Waals surface area contributed by atoms with Crippen LogP contribution in [0.4, 0.5) is 0 Å². The Morgan fingerprint density at radius 2 is 2.00 bits per heavy atom. The van der Waals surface area contributed by atoms with Crippen LogP contribution in [0.5, 0.6) is 0 Å². The summed E-state index contributed by atoms with van der Waals surface area (Å²) in [4.78, 5) is 4.37. The lowest BCUT2D eigenvalue weighted by molar-refractivity contribution is 0.385. The average molecular weight is 283 g/mol. The van der Waals surface area contributed by atoms with E-state index >= 15 is 0 Å². The molecule has 2 rings (SSSR count). The quantitative estimate of drug-likeness (QED) is 0.832. The Morgan fingerprint density at radius 3 is 2.67 bits per heavy atom. The molecule has 0 atom stereocenters. The van der Waals surface area contributed by atoms with E-state index in [4.69, 9.17) is 16.1 Å². The summed E-state index contributed by atoms with van der Waals surface area (Å²) < 4.78 is 5.20. The van der Waals surface area contributed by atoms with Crippen LogP contribution in [-0.4, -0.2) is 15.4 Å². The van der Waals surface area contributed by atoms with Crippen LogP contribution in [-0.2, 0) is 12.2 Å². The standard InChI is InChI=1S/C13H15ClN2OS/c1-9(2)18-8-13-15-12(16-17-13)7-10-3-5-11(14)6-4-10/h3-6,9H,7-8H2,1-2H3. The van der Waals surface area contributed by atoms with Crippen molar-refractivity contribution in [3.63, 3.8) is 0 Å². The van der Waals surface area contributed by atoms with Gasteiger partial charge in [-0.05, 0) is 22.9 Å². The second-order valence-corrected chi connectivity index (χ2v) is 6.27. The Labute approximate surface area is 116 Å². The summed E-state index contributed by atoms with van der Waals surface area (Å²) in [5, 5.41) is 5.28. The molecule has 0 unspecified atom stereocenters. The van der Waals surface area contributed by atoms with Crippen molar-refractivity contribution in [1.82, 2.24) is 10.1 Å². The number of hydrogen-bond donors (Lipinski definition) is 0. The Bertz CT molecular complexity index is 496. The van der Waals surface area contributed by atoms with Crippen molar-refractivity contribution in [1.29, 1.82) is 0 Å². The van der Waals surface area contributed by atoms with E-state index in [1.54, 1.807) is 11.8 Å². The van der Waals surface area contributed by atoms with E-state index in [-0.39, 0.29) is 0 Å². The number of thioether (sulfide) groups is 1. The molecule has 0 aliphatic heterocycles. The van der Waals surface area contributed by atoms with Crippen molar-refractivity contribution in [3.05, 3.63) is 46.6 Å². The molecule has 3 nitrogen and oxygen atoms in total. The van der Waals surface area contributed by atoms with Crippen LogP contribution in [0, 0.1) is 0 Å². The van der Waals surface area contributed by atoms with Gasteiger partial charge in [-0.25, -0.2) is 0 Å². The molecule has 0 saturated heterocycles. The zero-order valence-corrected chi connectivity index (χ0v) is 12.0. The summed E-state index contributed by atoms with van der Waals surface area (Å²) in [6.45, 7) is 4.30. The lowest BCUT2D eigenvalue weighted by atomic mass is 10.1. The van der Waals surface area contributed by atoms with Crippen LogP contribution in [0.1, 0.15) is 31.1 Å². The monoisotopic (exact) mass is 282 g/mol. The van der Waals surface area contributed by atoms with Gasteiger partial charge in [-0.15, -0.1) is 11.8 Å². The fourth-order valence-electron chi connectivity index (χ4n) is 1.44. The van der Waals surface area contributed by atoms with Gasteiger partial charge in [0.05, 0.1) is 5.75 Å². The fourth-order valence-corrected chi connectivity index (χ4v) is 2.16. The SMILES string of the molecule is CC(C)SCc1nc(Cc2ccc(Cl)cc2)no1. The second-order valence-electron chi connectivity index (χ2n) is 4.27. The summed E-state index contributed by atoms with van der Waals surface area (Å²) in [5.74, 6) is 2.18. The van der Waals surface area contributed by atoms with Crippen LogP contribution < -0.4 is 0 Å². The van der Waals surface area contributed by atoms with Gasteiger partial charge in [0.1, 0.15) is 0 Å². The molecule has 96 valence electrons. The molecule has 0 aliphatic carbocycles. The van der Waals surface area contributed by atoms with Crippen LogP contribution in [0.15, 0.2) is 28.8 Å². The van der Waals surface area contributed by atoms with E-state index in [9.17, 15) is 0 Å². The minimum atomic E-state index is 0.566. The molecule has 0 saturated carbocycles. The van der Waals surface area contributed by atoms with E-state index in [1.807, 2.05) is 24.3 Å². The van der Waals surface area contributed by atoms with E-state index in [1.165, 1.54) is 0 Å². The average Bonchev–Trinajstić information content (AvgIpc) is 2.77. The third-order valence-corrected chi connectivity index (χ3v) is 3.66. The zero-order valence-electron chi connectivity index (χ0n) is 10.4. The van der Waals surface area contributed by atoms with Crippen molar-refractivity contribution >= 4 is 23.4 Å². The summed E-state index contributed by atoms with van der Waals surface area (Å²) in [6.07, 6.45) is 0.674. The number of halogens is 1. The molecular formula is C13H15ClN2OS. The normalized spacial score (nSPS) is 11.1. The van der Waals surface area contributed by atoms with Crippen LogP contribution >= 0.6 is 23.4 Å². The lowest BCUT2D eigenvalue weighted by Gasteiger charge is -1.99. The first-order valence-electron chi connectivity index (χ1n) is 5.81. The first-order valence-corrected chi connectivity index (χ1v) is 7.23. The molecule has 0 bridgehead atoms. The summed E-state index contributed by atoms with van der Waals surface area (Å²) in [6, 6.07) is 7.68. The molecule has 0 spiro atoms. The van der Waals surface area contributed by atoms with Gasteiger partial charge in [-0.2, -0.15) is 4.98 Å². The van der Waals surface area contributed by atoms with Crippen LogP contribution in [0.3, 0.4) is 0 Å². The smallest absolute Gasteiger partial charge is 0.236 e. The molecule has 1 aromatic heterocycles. The molecule has 0 aliphatic rings. The molecule has 0 fully saturated rings. The third-order valence-electron chi connectivity index (χ3n) is 2.33. The predicted octanol–water partition coefficient (Wildman–Crippen LogP) is 3.96. The topological polar surface area (TPSA) is 38.9 Å². The molecule has 18 heavy (non-hydrogen) atoms. The molecular weight excluding hydrogens is 268 g/mol. The van der Waals surface area contributed by atoms with Crippen LogP contribution in [0.2, 0.25) is 5.02 Å². The minimum Gasteiger partial charge on any atom is -0.338 e. The van der Waals surface area contributed by atoms with Crippen molar-refractivity contribution in [2.24, 2.45) is 0 Å². The van der Waals surface area contributed by atoms with E-state index in [0.717, 1.165) is 22.2 Å². The molecule has 1 heterocycles. The molecule has 2 aromatic rings. The van der Waals surface area contributed by atoms with Gasteiger partial charge in [0.15, 0.2) is 5.82 Å². The first-order chi connectivity index (χ1) is 8.63. The van der Waals surface area contributed by atoms with Gasteiger partial charge < -0.3 is 4.52 Å². The van der Waals surface area contributed by atoms with Crippen molar-refractivity contribution < 1.29 is 4.52 Å². The van der Waals surface area contributed by atoms with E-state index < -0.39 is 0 Å². The van der Waals surface area contributed by atoms with Gasteiger partial charge in [0.2, 0.25) is 5.89 Å². The summed E-state index contributed by atoms with van der Waals surface area (Å²) in [5.41, 5.74) is 1.13.